The standard InChI is InChI=1S/C21H23FO5/c1-19-9-18(27)21(22)14(13(19)5-6-15(19)16(25)10-23)4-3-11-7-12(24)8-17(26)20(11,21)2/h3-4,7,13-15,23H,5-6,8-10H2,1-2H3/t13-,14-,15+,19-,20+,21-/m0/s1. The number of Topliss-reactive ketones (excluding diaryl/α,β-unsaturated/α-hetero) is 3. The summed E-state index contributed by atoms with van der Waals surface area (Å²) < 4.78 is 16.6. The highest BCUT2D eigenvalue weighted by molar-refractivity contribution is 6.15. The molecule has 4 aliphatic rings. The number of alkyl halides is 1. The minimum Gasteiger partial charge on any atom is -0.389 e. The number of carbonyl (C=O) groups is 4. The molecule has 0 aromatic rings. The fourth-order valence-corrected chi connectivity index (χ4v) is 6.26. The molecule has 0 aromatic carbocycles. The van der Waals surface area contributed by atoms with Gasteiger partial charge in [-0.15, -0.1) is 0 Å². The number of carbonyl (C=O) groups excluding carboxylic acids is 4. The van der Waals surface area contributed by atoms with Gasteiger partial charge in [-0.1, -0.05) is 19.1 Å². The number of fused-ring (bicyclic) bond motifs is 5. The molecular formula is C21H23FO5. The second-order valence-corrected chi connectivity index (χ2v) is 8.85. The summed E-state index contributed by atoms with van der Waals surface area (Å²) in [5, 5.41) is 9.30. The Balaban J connectivity index is 1.87. The molecule has 0 saturated heterocycles. The molecule has 0 aliphatic heterocycles. The monoisotopic (exact) mass is 374 g/mol. The van der Waals surface area contributed by atoms with Crippen LogP contribution in [-0.2, 0) is 19.2 Å². The van der Waals surface area contributed by atoms with E-state index >= 15 is 4.39 Å². The molecule has 0 heterocycles. The molecule has 0 unspecified atom stereocenters. The summed E-state index contributed by atoms with van der Waals surface area (Å²) in [4.78, 5) is 50.0. The Labute approximate surface area is 156 Å². The van der Waals surface area contributed by atoms with Gasteiger partial charge in [0.15, 0.2) is 28.8 Å². The molecule has 0 spiro atoms. The molecule has 6 heteroatoms. The summed E-state index contributed by atoms with van der Waals surface area (Å²) in [6.45, 7) is 2.68. The topological polar surface area (TPSA) is 88.5 Å². The first kappa shape index (κ1) is 18.4. The molecule has 0 aromatic heterocycles. The molecule has 144 valence electrons. The van der Waals surface area contributed by atoms with Crippen molar-refractivity contribution in [3.8, 4) is 0 Å². The van der Waals surface area contributed by atoms with Crippen LogP contribution in [0.15, 0.2) is 23.8 Å². The van der Waals surface area contributed by atoms with Crippen molar-refractivity contribution in [3.63, 3.8) is 0 Å². The third kappa shape index (κ3) is 2.02. The van der Waals surface area contributed by atoms with E-state index in [-0.39, 0.29) is 29.5 Å². The van der Waals surface area contributed by atoms with E-state index in [1.807, 2.05) is 6.92 Å². The highest BCUT2D eigenvalue weighted by atomic mass is 19.1. The molecule has 0 radical (unpaired) electrons. The second kappa shape index (κ2) is 5.53. The zero-order valence-corrected chi connectivity index (χ0v) is 15.5. The predicted octanol–water partition coefficient (Wildman–Crippen LogP) is 1.92. The normalized spacial score (nSPS) is 45.9. The first-order valence-electron chi connectivity index (χ1n) is 9.43. The summed E-state index contributed by atoms with van der Waals surface area (Å²) in [6.07, 6.45) is 5.03. The molecule has 4 aliphatic carbocycles. The van der Waals surface area contributed by atoms with Crippen molar-refractivity contribution in [2.24, 2.45) is 28.6 Å². The quantitative estimate of drug-likeness (QED) is 0.746. The number of halogens is 1. The Bertz CT molecular complexity index is 842. The Morgan fingerprint density at radius 3 is 2.59 bits per heavy atom. The van der Waals surface area contributed by atoms with Crippen molar-refractivity contribution >= 4 is 23.1 Å². The summed E-state index contributed by atoms with van der Waals surface area (Å²) >= 11 is 0. The number of ketones is 4. The highest BCUT2D eigenvalue weighted by Gasteiger charge is 2.72. The van der Waals surface area contributed by atoms with E-state index in [2.05, 4.69) is 0 Å². The molecule has 2 saturated carbocycles. The Morgan fingerprint density at radius 1 is 1.22 bits per heavy atom. The maximum absolute atomic E-state index is 16.6. The van der Waals surface area contributed by atoms with Gasteiger partial charge < -0.3 is 5.11 Å². The van der Waals surface area contributed by atoms with Crippen LogP contribution in [0.4, 0.5) is 4.39 Å². The van der Waals surface area contributed by atoms with Crippen LogP contribution in [0.2, 0.25) is 0 Å². The molecule has 5 nitrogen and oxygen atoms in total. The Morgan fingerprint density at radius 2 is 1.93 bits per heavy atom. The van der Waals surface area contributed by atoms with Gasteiger partial charge >= 0.3 is 0 Å². The number of rotatable bonds is 2. The summed E-state index contributed by atoms with van der Waals surface area (Å²) in [7, 11) is 0. The number of allylic oxidation sites excluding steroid dienone is 4. The second-order valence-electron chi connectivity index (χ2n) is 8.85. The minimum absolute atomic E-state index is 0.140. The largest absolute Gasteiger partial charge is 0.389 e. The van der Waals surface area contributed by atoms with Gasteiger partial charge in [-0.2, -0.15) is 0 Å². The zero-order valence-electron chi connectivity index (χ0n) is 15.5. The van der Waals surface area contributed by atoms with E-state index in [1.165, 1.54) is 13.0 Å². The molecule has 1 N–H and O–H groups in total. The van der Waals surface area contributed by atoms with Gasteiger partial charge in [-0.25, -0.2) is 4.39 Å². The Hall–Kier alpha value is -1.95. The van der Waals surface area contributed by atoms with Crippen LogP contribution < -0.4 is 0 Å². The minimum atomic E-state index is -2.41. The SMILES string of the molecule is C[C@]12CC(=O)[C@@]3(F)[C@@H](C=CC4=CC(=O)CC(=O)[C@@]43C)[C@@H]1CC[C@@H]2C(=O)CO. The van der Waals surface area contributed by atoms with E-state index in [0.717, 1.165) is 0 Å². The van der Waals surface area contributed by atoms with Crippen LogP contribution in [0.5, 0.6) is 0 Å². The number of hydrogen-bond acceptors (Lipinski definition) is 5. The van der Waals surface area contributed by atoms with Gasteiger partial charge in [-0.05, 0) is 42.7 Å². The van der Waals surface area contributed by atoms with Crippen molar-refractivity contribution in [1.82, 2.24) is 0 Å². The number of hydrogen-bond donors (Lipinski definition) is 1. The van der Waals surface area contributed by atoms with E-state index in [1.54, 1.807) is 12.2 Å². The van der Waals surface area contributed by atoms with Gasteiger partial charge in [0.2, 0.25) is 0 Å². The average molecular weight is 374 g/mol. The van der Waals surface area contributed by atoms with E-state index in [9.17, 15) is 24.3 Å². The van der Waals surface area contributed by atoms with Crippen molar-refractivity contribution in [3.05, 3.63) is 23.8 Å². The van der Waals surface area contributed by atoms with Crippen molar-refractivity contribution in [2.75, 3.05) is 6.61 Å². The lowest BCUT2D eigenvalue weighted by molar-refractivity contribution is -0.169. The molecule has 0 bridgehead atoms. The van der Waals surface area contributed by atoms with Crippen LogP contribution in [0.25, 0.3) is 0 Å². The Kier molecular flexibility index (Phi) is 3.77. The highest BCUT2D eigenvalue weighted by Crippen LogP contribution is 2.66. The van der Waals surface area contributed by atoms with Crippen LogP contribution in [0.3, 0.4) is 0 Å². The zero-order chi connectivity index (χ0) is 19.8. The first-order valence-corrected chi connectivity index (χ1v) is 9.43. The summed E-state index contributed by atoms with van der Waals surface area (Å²) in [5.41, 5.74) is -4.54. The molecule has 27 heavy (non-hydrogen) atoms. The van der Waals surface area contributed by atoms with Crippen LogP contribution in [0, 0.1) is 28.6 Å². The lowest BCUT2D eigenvalue weighted by Gasteiger charge is -2.57. The van der Waals surface area contributed by atoms with Gasteiger partial charge in [0.05, 0.1) is 11.8 Å². The predicted molar refractivity (Wildman–Crippen MR) is 93.3 cm³/mol. The fourth-order valence-electron chi connectivity index (χ4n) is 6.26. The average Bonchev–Trinajstić information content (AvgIpc) is 2.94. The van der Waals surface area contributed by atoms with E-state index < -0.39 is 52.9 Å². The van der Waals surface area contributed by atoms with E-state index in [4.69, 9.17) is 0 Å². The fraction of sp³-hybridized carbons (Fsp3) is 0.619. The van der Waals surface area contributed by atoms with Gasteiger partial charge in [0, 0.05) is 18.3 Å². The van der Waals surface area contributed by atoms with Crippen molar-refractivity contribution in [1.29, 1.82) is 0 Å². The third-order valence-electron chi connectivity index (χ3n) is 7.79. The number of aliphatic hydroxyl groups is 1. The molecule has 4 rings (SSSR count). The lowest BCUT2D eigenvalue weighted by atomic mass is 9.46. The number of aliphatic hydroxyl groups excluding tert-OH is 1. The summed E-state index contributed by atoms with van der Waals surface area (Å²) in [5.74, 6) is -3.50. The molecule has 0 amide bonds. The van der Waals surface area contributed by atoms with E-state index in [0.29, 0.717) is 12.8 Å². The van der Waals surface area contributed by atoms with Gasteiger partial charge in [0.25, 0.3) is 0 Å². The van der Waals surface area contributed by atoms with Gasteiger partial charge in [-0.3, -0.25) is 19.2 Å². The maximum atomic E-state index is 16.6. The van der Waals surface area contributed by atoms with Crippen LogP contribution in [0.1, 0.15) is 39.5 Å². The van der Waals surface area contributed by atoms with Crippen molar-refractivity contribution < 1.29 is 28.7 Å². The van der Waals surface area contributed by atoms with Crippen molar-refractivity contribution in [2.45, 2.75) is 45.2 Å². The molecular weight excluding hydrogens is 351 g/mol. The molecule has 2 fully saturated rings. The smallest absolute Gasteiger partial charge is 0.191 e. The third-order valence-corrected chi connectivity index (χ3v) is 7.79. The maximum Gasteiger partial charge on any atom is 0.191 e. The first-order chi connectivity index (χ1) is 12.6. The van der Waals surface area contributed by atoms with Crippen LogP contribution in [-0.4, -0.2) is 40.5 Å². The van der Waals surface area contributed by atoms with Crippen LogP contribution >= 0.6 is 0 Å². The lowest BCUT2D eigenvalue weighted by Crippen LogP contribution is -2.67. The van der Waals surface area contributed by atoms with Gasteiger partial charge in [0.1, 0.15) is 6.61 Å². The summed E-state index contributed by atoms with van der Waals surface area (Å²) in [6, 6.07) is 0. The molecule has 6 atom stereocenters.